The molecule has 0 unspecified atom stereocenters. The number of rotatable bonds is 5. The fourth-order valence-corrected chi connectivity index (χ4v) is 4.29. The summed E-state index contributed by atoms with van der Waals surface area (Å²) < 4.78 is 60.5. The van der Waals surface area contributed by atoms with E-state index in [1.54, 1.807) is 24.8 Å². The first-order valence-electron chi connectivity index (χ1n) is 9.47. The highest BCUT2D eigenvalue weighted by Crippen LogP contribution is 2.39. The van der Waals surface area contributed by atoms with Gasteiger partial charge in [0.25, 0.3) is 10.0 Å². The fourth-order valence-electron chi connectivity index (χ4n) is 3.15. The number of amides is 1. The highest BCUT2D eigenvalue weighted by Gasteiger charge is 2.38. The molecule has 0 radical (unpaired) electrons. The van der Waals surface area contributed by atoms with Crippen molar-refractivity contribution in [3.8, 4) is 5.75 Å². The molecular formula is C21H24F2N2O4S. The van der Waals surface area contributed by atoms with E-state index in [0.29, 0.717) is 24.0 Å². The Bertz CT molecular complexity index is 1080. The predicted octanol–water partition coefficient (Wildman–Crippen LogP) is 4.17. The van der Waals surface area contributed by atoms with Gasteiger partial charge in [-0.2, -0.15) is 0 Å². The van der Waals surface area contributed by atoms with Gasteiger partial charge in [0.2, 0.25) is 5.91 Å². The molecule has 0 saturated carbocycles. The quantitative estimate of drug-likeness (QED) is 0.760. The Labute approximate surface area is 174 Å². The van der Waals surface area contributed by atoms with E-state index < -0.39 is 32.0 Å². The van der Waals surface area contributed by atoms with Crippen LogP contribution < -0.4 is 14.4 Å². The summed E-state index contributed by atoms with van der Waals surface area (Å²) in [5.41, 5.74) is -0.133. The number of benzene rings is 2. The number of carbonyl (C=O) groups excluding carboxylic acids is 1. The molecule has 0 fully saturated rings. The number of carbonyl (C=O) groups is 1. The summed E-state index contributed by atoms with van der Waals surface area (Å²) in [4.78, 5) is 13.8. The Hall–Kier alpha value is -2.68. The molecule has 2 aromatic rings. The highest BCUT2D eigenvalue weighted by molar-refractivity contribution is 7.92. The highest BCUT2D eigenvalue weighted by atomic mass is 32.2. The van der Waals surface area contributed by atoms with Gasteiger partial charge in [-0.05, 0) is 50.1 Å². The van der Waals surface area contributed by atoms with Crippen LogP contribution in [0.4, 0.5) is 20.2 Å². The second-order valence-electron chi connectivity index (χ2n) is 8.34. The number of halogens is 2. The lowest BCUT2D eigenvalue weighted by Gasteiger charge is -2.29. The molecule has 0 aliphatic carbocycles. The van der Waals surface area contributed by atoms with E-state index in [-0.39, 0.29) is 24.1 Å². The van der Waals surface area contributed by atoms with Crippen molar-refractivity contribution in [1.29, 1.82) is 0 Å². The topological polar surface area (TPSA) is 75.7 Å². The Morgan fingerprint density at radius 3 is 2.53 bits per heavy atom. The number of ether oxygens (including phenoxy) is 1. The summed E-state index contributed by atoms with van der Waals surface area (Å²) in [5, 5.41) is 0. The molecule has 1 aliphatic heterocycles. The number of sulfonamides is 1. The molecular weight excluding hydrogens is 414 g/mol. The number of hydrogen-bond donors (Lipinski definition) is 1. The number of hydrogen-bond acceptors (Lipinski definition) is 4. The van der Waals surface area contributed by atoms with Crippen molar-refractivity contribution in [1.82, 2.24) is 0 Å². The fraction of sp³-hybridized carbons (Fsp3) is 0.381. The SMILES string of the molecule is CC(C)CN1C(=O)C(C)(C)COc2cc(NS(=O)(=O)c3cc(F)ccc3F)ccc21. The molecule has 0 atom stereocenters. The summed E-state index contributed by atoms with van der Waals surface area (Å²) in [5.74, 6) is -1.50. The Morgan fingerprint density at radius 1 is 1.17 bits per heavy atom. The van der Waals surface area contributed by atoms with Crippen LogP contribution in [0, 0.1) is 23.0 Å². The lowest BCUT2D eigenvalue weighted by molar-refractivity contribution is -0.127. The zero-order valence-electron chi connectivity index (χ0n) is 17.2. The van der Waals surface area contributed by atoms with Crippen LogP contribution in [0.1, 0.15) is 27.7 Å². The van der Waals surface area contributed by atoms with Crippen LogP contribution in [0.5, 0.6) is 5.75 Å². The van der Waals surface area contributed by atoms with Gasteiger partial charge in [-0.1, -0.05) is 13.8 Å². The van der Waals surface area contributed by atoms with Crippen LogP contribution in [0.3, 0.4) is 0 Å². The minimum Gasteiger partial charge on any atom is -0.490 e. The minimum absolute atomic E-state index is 0.0925. The number of fused-ring (bicyclic) bond motifs is 1. The summed E-state index contributed by atoms with van der Waals surface area (Å²) in [6, 6.07) is 6.68. The normalized spacial score (nSPS) is 16.1. The molecule has 0 bridgehead atoms. The van der Waals surface area contributed by atoms with Crippen molar-refractivity contribution in [3.05, 3.63) is 48.0 Å². The van der Waals surface area contributed by atoms with Crippen molar-refractivity contribution in [2.45, 2.75) is 32.6 Å². The monoisotopic (exact) mass is 438 g/mol. The van der Waals surface area contributed by atoms with Crippen molar-refractivity contribution in [3.63, 3.8) is 0 Å². The smallest absolute Gasteiger partial charge is 0.264 e. The molecule has 9 heteroatoms. The van der Waals surface area contributed by atoms with E-state index in [0.717, 1.165) is 12.1 Å². The van der Waals surface area contributed by atoms with Crippen molar-refractivity contribution in [2.75, 3.05) is 22.8 Å². The largest absolute Gasteiger partial charge is 0.490 e. The van der Waals surface area contributed by atoms with Crippen LogP contribution in [-0.2, 0) is 14.8 Å². The van der Waals surface area contributed by atoms with E-state index >= 15 is 0 Å². The minimum atomic E-state index is -4.37. The first-order chi connectivity index (χ1) is 13.9. The maximum absolute atomic E-state index is 13.9. The van der Waals surface area contributed by atoms with Crippen LogP contribution in [0.15, 0.2) is 41.3 Å². The summed E-state index contributed by atoms with van der Waals surface area (Å²) in [7, 11) is -4.37. The Morgan fingerprint density at radius 2 is 1.87 bits per heavy atom. The maximum Gasteiger partial charge on any atom is 0.264 e. The van der Waals surface area contributed by atoms with Gasteiger partial charge in [-0.3, -0.25) is 9.52 Å². The Kier molecular flexibility index (Phi) is 5.77. The van der Waals surface area contributed by atoms with E-state index in [4.69, 9.17) is 4.74 Å². The van der Waals surface area contributed by atoms with Crippen molar-refractivity contribution < 1.29 is 26.7 Å². The van der Waals surface area contributed by atoms with E-state index in [2.05, 4.69) is 4.72 Å². The lowest BCUT2D eigenvalue weighted by Crippen LogP contribution is -2.43. The van der Waals surface area contributed by atoms with Gasteiger partial charge >= 0.3 is 0 Å². The summed E-state index contributed by atoms with van der Waals surface area (Å²) in [6.45, 7) is 8.12. The standard InChI is InChI=1S/C21H24F2N2O4S/c1-13(2)11-25-17-8-6-15(10-18(17)29-12-21(3,4)20(25)26)24-30(27,28)19-9-14(22)5-7-16(19)23/h5-10,13,24H,11-12H2,1-4H3. The molecule has 162 valence electrons. The summed E-state index contributed by atoms with van der Waals surface area (Å²) in [6.07, 6.45) is 0. The van der Waals surface area contributed by atoms with Gasteiger partial charge in [0.05, 0.1) is 16.8 Å². The molecule has 0 spiro atoms. The first kappa shape index (κ1) is 22.0. The van der Waals surface area contributed by atoms with E-state index in [9.17, 15) is 22.0 Å². The third-order valence-electron chi connectivity index (χ3n) is 4.65. The number of anilines is 2. The first-order valence-corrected chi connectivity index (χ1v) is 11.0. The van der Waals surface area contributed by atoms with Crippen LogP contribution in [0.2, 0.25) is 0 Å². The molecule has 3 rings (SSSR count). The van der Waals surface area contributed by atoms with Gasteiger partial charge < -0.3 is 9.64 Å². The molecule has 1 amide bonds. The van der Waals surface area contributed by atoms with Crippen molar-refractivity contribution >= 4 is 27.3 Å². The molecule has 1 heterocycles. The number of nitrogens with zero attached hydrogens (tertiary/aromatic N) is 1. The second-order valence-corrected chi connectivity index (χ2v) is 10.00. The lowest BCUT2D eigenvalue weighted by atomic mass is 9.92. The summed E-state index contributed by atoms with van der Waals surface area (Å²) >= 11 is 0. The Balaban J connectivity index is 1.98. The molecule has 30 heavy (non-hydrogen) atoms. The van der Waals surface area contributed by atoms with Crippen LogP contribution in [-0.4, -0.2) is 27.5 Å². The predicted molar refractivity (Wildman–Crippen MR) is 110 cm³/mol. The number of nitrogens with one attached hydrogen (secondary N) is 1. The molecule has 6 nitrogen and oxygen atoms in total. The molecule has 0 aromatic heterocycles. The van der Waals surface area contributed by atoms with Gasteiger partial charge in [0.1, 0.15) is 28.9 Å². The van der Waals surface area contributed by atoms with Gasteiger partial charge in [0, 0.05) is 12.6 Å². The zero-order valence-corrected chi connectivity index (χ0v) is 18.0. The van der Waals surface area contributed by atoms with Crippen LogP contribution >= 0.6 is 0 Å². The average molecular weight is 438 g/mol. The molecule has 0 saturated heterocycles. The maximum atomic E-state index is 13.9. The van der Waals surface area contributed by atoms with Gasteiger partial charge in [-0.15, -0.1) is 0 Å². The second kappa shape index (κ2) is 7.86. The average Bonchev–Trinajstić information content (AvgIpc) is 2.73. The van der Waals surface area contributed by atoms with E-state index in [1.807, 2.05) is 13.8 Å². The third kappa shape index (κ3) is 4.40. The van der Waals surface area contributed by atoms with Gasteiger partial charge in [-0.25, -0.2) is 17.2 Å². The van der Waals surface area contributed by atoms with Crippen LogP contribution in [0.25, 0.3) is 0 Å². The molecule has 1 aliphatic rings. The van der Waals surface area contributed by atoms with Gasteiger partial charge in [0.15, 0.2) is 0 Å². The van der Waals surface area contributed by atoms with Crippen molar-refractivity contribution in [2.24, 2.45) is 11.3 Å². The third-order valence-corrected chi connectivity index (χ3v) is 6.04. The van der Waals surface area contributed by atoms with E-state index in [1.165, 1.54) is 12.1 Å². The molecule has 2 aromatic carbocycles. The zero-order chi connectivity index (χ0) is 22.3. The molecule has 1 N–H and O–H groups in total.